The van der Waals surface area contributed by atoms with Crippen LogP contribution in [0, 0.1) is 28.9 Å². The van der Waals surface area contributed by atoms with Gasteiger partial charge in [0.2, 0.25) is 5.91 Å². The molecule has 6 nitrogen and oxygen atoms in total. The number of nitrogens with zero attached hydrogens (tertiary/aromatic N) is 3. The normalized spacial score (nSPS) is 19.7. The number of nitro benzene ring substituents is 1. The van der Waals surface area contributed by atoms with Crippen LogP contribution in [-0.4, -0.2) is 41.9 Å². The van der Waals surface area contributed by atoms with Crippen molar-refractivity contribution in [1.82, 2.24) is 4.90 Å². The fraction of sp³-hybridized carbons (Fsp3) is 0.632. The molecule has 0 aromatic heterocycles. The number of nitro groups is 1. The highest BCUT2D eigenvalue weighted by Crippen LogP contribution is 2.36. The van der Waals surface area contributed by atoms with Gasteiger partial charge in [0.05, 0.1) is 15.6 Å². The maximum Gasteiger partial charge on any atom is 0.271 e. The lowest BCUT2D eigenvalue weighted by atomic mass is 9.92. The molecule has 1 amide bonds. The monoisotopic (exact) mass is 379 g/mol. The Hall–Kier alpha value is -1.82. The third-order valence-corrected chi connectivity index (χ3v) is 5.99. The number of hydrogen-bond acceptors (Lipinski definition) is 4. The van der Waals surface area contributed by atoms with Crippen LogP contribution in [0.25, 0.3) is 0 Å². The smallest absolute Gasteiger partial charge is 0.271 e. The van der Waals surface area contributed by atoms with E-state index in [0.717, 1.165) is 63.1 Å². The van der Waals surface area contributed by atoms with Gasteiger partial charge in [-0.1, -0.05) is 18.5 Å². The summed E-state index contributed by atoms with van der Waals surface area (Å²) in [5.74, 6) is 1.09. The predicted molar refractivity (Wildman–Crippen MR) is 103 cm³/mol. The molecule has 0 N–H and O–H groups in total. The van der Waals surface area contributed by atoms with Gasteiger partial charge in [0, 0.05) is 44.2 Å². The average molecular weight is 380 g/mol. The summed E-state index contributed by atoms with van der Waals surface area (Å²) in [5.41, 5.74) is 1.68. The molecule has 2 fully saturated rings. The summed E-state index contributed by atoms with van der Waals surface area (Å²) >= 11 is 6.33. The lowest BCUT2D eigenvalue weighted by Crippen LogP contribution is -2.45. The zero-order valence-electron chi connectivity index (χ0n) is 15.4. The summed E-state index contributed by atoms with van der Waals surface area (Å²) in [6.07, 6.45) is 3.81. The average Bonchev–Trinajstić information content (AvgIpc) is 2.61. The van der Waals surface area contributed by atoms with E-state index in [9.17, 15) is 14.9 Å². The van der Waals surface area contributed by atoms with Crippen molar-refractivity contribution in [1.29, 1.82) is 0 Å². The maximum atomic E-state index is 12.8. The maximum absolute atomic E-state index is 12.8. The van der Waals surface area contributed by atoms with E-state index in [0.29, 0.717) is 16.8 Å². The van der Waals surface area contributed by atoms with E-state index in [-0.39, 0.29) is 11.6 Å². The van der Waals surface area contributed by atoms with Crippen molar-refractivity contribution in [3.05, 3.63) is 32.8 Å². The number of carbonyl (C=O) groups excluding carboxylic acids is 1. The first-order valence-corrected chi connectivity index (χ1v) is 9.73. The van der Waals surface area contributed by atoms with E-state index >= 15 is 0 Å². The Bertz CT molecular complexity index is 670. The van der Waals surface area contributed by atoms with Crippen molar-refractivity contribution in [2.75, 3.05) is 31.1 Å². The third kappa shape index (κ3) is 3.95. The number of anilines is 1. The Kier molecular flexibility index (Phi) is 5.70. The summed E-state index contributed by atoms with van der Waals surface area (Å²) in [6.45, 7) is 7.36. The Morgan fingerprint density at radius 3 is 2.31 bits per heavy atom. The van der Waals surface area contributed by atoms with Crippen LogP contribution in [-0.2, 0) is 4.79 Å². The SMILES string of the molecule is Cc1cc([N+](=O)[O-])cc(Cl)c1N1CCC(C(=O)N2CCC(C)CC2)CC1. The largest absolute Gasteiger partial charge is 0.370 e. The zero-order chi connectivity index (χ0) is 18.8. The minimum absolute atomic E-state index is 0.0145. The van der Waals surface area contributed by atoms with Gasteiger partial charge in [-0.05, 0) is 44.1 Å². The number of benzene rings is 1. The molecule has 0 bridgehead atoms. The van der Waals surface area contributed by atoms with Crippen LogP contribution in [0.2, 0.25) is 5.02 Å². The van der Waals surface area contributed by atoms with Crippen molar-refractivity contribution >= 4 is 28.9 Å². The summed E-state index contributed by atoms with van der Waals surface area (Å²) in [4.78, 5) is 27.5. The molecule has 26 heavy (non-hydrogen) atoms. The van der Waals surface area contributed by atoms with Crippen LogP contribution in [0.3, 0.4) is 0 Å². The van der Waals surface area contributed by atoms with Crippen LogP contribution in [0.1, 0.15) is 38.2 Å². The molecular formula is C19H26ClN3O3. The highest BCUT2D eigenvalue weighted by molar-refractivity contribution is 6.33. The topological polar surface area (TPSA) is 66.7 Å². The predicted octanol–water partition coefficient (Wildman–Crippen LogP) is 4.03. The van der Waals surface area contributed by atoms with Crippen molar-refractivity contribution < 1.29 is 9.72 Å². The van der Waals surface area contributed by atoms with Gasteiger partial charge in [0.1, 0.15) is 0 Å². The highest BCUT2D eigenvalue weighted by Gasteiger charge is 2.31. The number of piperidine rings is 2. The van der Waals surface area contributed by atoms with Gasteiger partial charge < -0.3 is 9.80 Å². The Balaban J connectivity index is 1.64. The summed E-state index contributed by atoms with van der Waals surface area (Å²) in [6, 6.07) is 2.98. The molecule has 2 saturated heterocycles. The molecule has 0 saturated carbocycles. The third-order valence-electron chi connectivity index (χ3n) is 5.71. The number of non-ortho nitro benzene ring substituents is 1. The van der Waals surface area contributed by atoms with Crippen LogP contribution >= 0.6 is 11.6 Å². The van der Waals surface area contributed by atoms with Gasteiger partial charge in [-0.15, -0.1) is 0 Å². The fourth-order valence-electron chi connectivity index (χ4n) is 4.06. The van der Waals surface area contributed by atoms with E-state index < -0.39 is 4.92 Å². The van der Waals surface area contributed by atoms with Gasteiger partial charge in [0.15, 0.2) is 0 Å². The molecule has 1 aromatic carbocycles. The van der Waals surface area contributed by atoms with Crippen molar-refractivity contribution in [2.24, 2.45) is 11.8 Å². The molecule has 3 rings (SSSR count). The number of halogens is 1. The minimum Gasteiger partial charge on any atom is -0.370 e. The van der Waals surface area contributed by atoms with E-state index in [2.05, 4.69) is 11.8 Å². The van der Waals surface area contributed by atoms with E-state index in [1.165, 1.54) is 6.07 Å². The quantitative estimate of drug-likeness (QED) is 0.587. The van der Waals surface area contributed by atoms with Gasteiger partial charge in [-0.2, -0.15) is 0 Å². The van der Waals surface area contributed by atoms with Crippen molar-refractivity contribution in [3.8, 4) is 0 Å². The molecule has 2 aliphatic rings. The second-order valence-electron chi connectivity index (χ2n) is 7.62. The highest BCUT2D eigenvalue weighted by atomic mass is 35.5. The molecule has 0 radical (unpaired) electrons. The second-order valence-corrected chi connectivity index (χ2v) is 8.03. The standard InChI is InChI=1S/C19H26ClN3O3/c1-13-3-7-22(8-4-13)19(24)15-5-9-21(10-6-15)18-14(2)11-16(23(25)26)12-17(18)20/h11-13,15H,3-10H2,1-2H3. The van der Waals surface area contributed by atoms with Gasteiger partial charge >= 0.3 is 0 Å². The number of aryl methyl sites for hydroxylation is 1. The molecule has 0 unspecified atom stereocenters. The summed E-state index contributed by atoms with van der Waals surface area (Å²) < 4.78 is 0. The first kappa shape index (κ1) is 19.0. The zero-order valence-corrected chi connectivity index (χ0v) is 16.2. The molecule has 2 heterocycles. The summed E-state index contributed by atoms with van der Waals surface area (Å²) in [5, 5.41) is 11.4. The summed E-state index contributed by atoms with van der Waals surface area (Å²) in [7, 11) is 0. The van der Waals surface area contributed by atoms with E-state index in [4.69, 9.17) is 11.6 Å². The first-order valence-electron chi connectivity index (χ1n) is 9.35. The number of likely N-dealkylation sites (tertiary alicyclic amines) is 1. The molecule has 7 heteroatoms. The van der Waals surface area contributed by atoms with Crippen LogP contribution in [0.4, 0.5) is 11.4 Å². The molecule has 0 spiro atoms. The number of carbonyl (C=O) groups is 1. The van der Waals surface area contributed by atoms with Crippen LogP contribution in [0.5, 0.6) is 0 Å². The van der Waals surface area contributed by atoms with Crippen molar-refractivity contribution in [2.45, 2.75) is 39.5 Å². The number of hydrogen-bond donors (Lipinski definition) is 0. The Morgan fingerprint density at radius 1 is 1.15 bits per heavy atom. The molecule has 0 atom stereocenters. The Labute approximate surface area is 159 Å². The van der Waals surface area contributed by atoms with Crippen molar-refractivity contribution in [3.63, 3.8) is 0 Å². The van der Waals surface area contributed by atoms with Gasteiger partial charge in [0.25, 0.3) is 5.69 Å². The van der Waals surface area contributed by atoms with Gasteiger partial charge in [-0.25, -0.2) is 0 Å². The van der Waals surface area contributed by atoms with E-state index in [1.54, 1.807) is 6.07 Å². The number of amides is 1. The minimum atomic E-state index is -0.424. The molecule has 0 aliphatic carbocycles. The van der Waals surface area contributed by atoms with E-state index in [1.807, 2.05) is 11.8 Å². The lowest BCUT2D eigenvalue weighted by molar-refractivity contribution is -0.384. The van der Waals surface area contributed by atoms with Crippen LogP contribution in [0.15, 0.2) is 12.1 Å². The molecule has 2 aliphatic heterocycles. The molecule has 1 aromatic rings. The fourth-order valence-corrected chi connectivity index (χ4v) is 4.44. The Morgan fingerprint density at radius 2 is 1.77 bits per heavy atom. The molecule has 142 valence electrons. The van der Waals surface area contributed by atoms with Crippen LogP contribution < -0.4 is 4.90 Å². The second kappa shape index (κ2) is 7.82. The lowest BCUT2D eigenvalue weighted by Gasteiger charge is -2.38. The van der Waals surface area contributed by atoms with Gasteiger partial charge in [-0.3, -0.25) is 14.9 Å². The molecular weight excluding hydrogens is 354 g/mol. The first-order chi connectivity index (χ1) is 12.4. The number of rotatable bonds is 3.